The highest BCUT2D eigenvalue weighted by atomic mass is 31.3. The van der Waals surface area contributed by atoms with Crippen LogP contribution in [0.3, 0.4) is 0 Å². The average Bonchev–Trinajstić information content (AvgIpc) is 3.39. The van der Waals surface area contributed by atoms with Crippen LogP contribution in [0.4, 0.5) is 0 Å². The maximum atomic E-state index is 13.3. The predicted octanol–water partition coefficient (Wildman–Crippen LogP) is 4.14. The largest absolute Gasteiger partial charge is 0.481 e. The molecule has 14 nitrogen and oxygen atoms in total. The van der Waals surface area contributed by atoms with Crippen molar-refractivity contribution in [2.45, 2.75) is 91.1 Å². The Bertz CT molecular complexity index is 1320. The van der Waals surface area contributed by atoms with E-state index in [0.717, 1.165) is 18.4 Å². The van der Waals surface area contributed by atoms with Crippen molar-refractivity contribution in [2.24, 2.45) is 34.3 Å². The third-order valence-electron chi connectivity index (χ3n) is 9.72. The molecule has 1 saturated heterocycles. The number of carbonyl (C=O) groups excluding carboxylic acids is 3. The first-order valence-corrected chi connectivity index (χ1v) is 18.8. The van der Waals surface area contributed by atoms with Crippen LogP contribution in [0.2, 0.25) is 0 Å². The van der Waals surface area contributed by atoms with Gasteiger partial charge in [-0.05, 0) is 61.5 Å². The highest BCUT2D eigenvalue weighted by molar-refractivity contribution is 7.61. The zero-order valence-corrected chi connectivity index (χ0v) is 28.6. The summed E-state index contributed by atoms with van der Waals surface area (Å²) in [5, 5.41) is 0. The summed E-state index contributed by atoms with van der Waals surface area (Å²) in [7, 11) is -10.3. The van der Waals surface area contributed by atoms with Gasteiger partial charge in [0.05, 0.1) is 25.4 Å². The normalized spacial score (nSPS) is 36.6. The lowest BCUT2D eigenvalue weighted by Crippen LogP contribution is -2.57. The van der Waals surface area contributed by atoms with Gasteiger partial charge in [-0.2, -0.15) is 4.31 Å². The summed E-state index contributed by atoms with van der Waals surface area (Å²) in [6.07, 6.45) is 6.49. The van der Waals surface area contributed by atoms with Crippen molar-refractivity contribution in [3.05, 3.63) is 23.8 Å². The molecular formula is C30H47NO13P2. The fourth-order valence-electron chi connectivity index (χ4n) is 7.98. The van der Waals surface area contributed by atoms with Crippen molar-refractivity contribution < 1.29 is 60.9 Å². The summed E-state index contributed by atoms with van der Waals surface area (Å²) in [5.41, 5.74) is 4.53. The maximum Gasteiger partial charge on any atom is 0.481 e. The molecule has 4 rings (SSSR count). The van der Waals surface area contributed by atoms with Gasteiger partial charge in [-0.1, -0.05) is 38.8 Å². The van der Waals surface area contributed by atoms with Crippen LogP contribution in [0.15, 0.2) is 23.8 Å². The molecular weight excluding hydrogens is 644 g/mol. The molecule has 0 aromatic rings. The summed E-state index contributed by atoms with van der Waals surface area (Å²) < 4.78 is 58.0. The highest BCUT2D eigenvalue weighted by Crippen LogP contribution is 2.67. The van der Waals surface area contributed by atoms with E-state index < -0.39 is 57.7 Å². The number of esters is 1. The third kappa shape index (κ3) is 8.91. The molecule has 2 saturated carbocycles. The van der Waals surface area contributed by atoms with Crippen LogP contribution in [0.25, 0.3) is 0 Å². The van der Waals surface area contributed by atoms with Crippen LogP contribution < -0.4 is 5.73 Å². The number of hydrogen-bond donors (Lipinski definition) is 3. The van der Waals surface area contributed by atoms with Gasteiger partial charge >= 0.3 is 21.6 Å². The van der Waals surface area contributed by atoms with Gasteiger partial charge in [0.2, 0.25) is 0 Å². The highest BCUT2D eigenvalue weighted by Gasteiger charge is 2.60. The topological polar surface area (TPSA) is 207 Å². The minimum absolute atomic E-state index is 0.0393. The number of ketones is 2. The SMILES string of the molecule is CCCC1OC[C@@H](C[C@H]2[C@@H]3CCC4=CC(=O)C=C[C@]4(C)[C@H]3[C@@H](OP(=O)(O)OP(=O)(O)OCCN)C[C@]2(C)CC(=O)COC(C)=O)O1. The minimum Gasteiger partial charge on any atom is -0.458 e. The fourth-order valence-corrected chi connectivity index (χ4v) is 10.3. The Hall–Kier alpha value is -1.57. The number of rotatable bonds is 15. The van der Waals surface area contributed by atoms with Crippen molar-refractivity contribution in [1.82, 2.24) is 0 Å². The summed E-state index contributed by atoms with van der Waals surface area (Å²) in [5.74, 6) is -2.00. The molecule has 3 aliphatic carbocycles. The van der Waals surface area contributed by atoms with E-state index >= 15 is 0 Å². The molecule has 3 unspecified atom stereocenters. The minimum atomic E-state index is -5.24. The molecule has 1 heterocycles. The number of phosphoric ester groups is 2. The van der Waals surface area contributed by atoms with Crippen LogP contribution in [0, 0.1) is 28.6 Å². The molecule has 0 bridgehead atoms. The van der Waals surface area contributed by atoms with Crippen molar-refractivity contribution in [1.29, 1.82) is 0 Å². The second kappa shape index (κ2) is 14.9. The second-order valence-corrected chi connectivity index (χ2v) is 16.2. The van der Waals surface area contributed by atoms with E-state index in [1.54, 1.807) is 12.2 Å². The summed E-state index contributed by atoms with van der Waals surface area (Å²) in [4.78, 5) is 58.0. The zero-order chi connectivity index (χ0) is 33.9. The van der Waals surface area contributed by atoms with Gasteiger partial charge in [0, 0.05) is 31.2 Å². The van der Waals surface area contributed by atoms with Crippen LogP contribution in [-0.4, -0.2) is 72.2 Å². The monoisotopic (exact) mass is 691 g/mol. The first-order chi connectivity index (χ1) is 21.5. The van der Waals surface area contributed by atoms with Crippen LogP contribution in [0.1, 0.15) is 72.6 Å². The number of phosphoric acid groups is 2. The Balaban J connectivity index is 1.73. The van der Waals surface area contributed by atoms with Gasteiger partial charge in [-0.15, -0.1) is 0 Å². The Morgan fingerprint density at radius 1 is 1.20 bits per heavy atom. The van der Waals surface area contributed by atoms with Crippen LogP contribution >= 0.6 is 15.6 Å². The van der Waals surface area contributed by atoms with Crippen LogP contribution in [-0.2, 0) is 51.1 Å². The molecule has 3 fully saturated rings. The number of allylic oxidation sites excluding steroid dienone is 4. The molecule has 4 N–H and O–H groups in total. The van der Waals surface area contributed by atoms with E-state index in [2.05, 4.69) is 8.83 Å². The lowest BCUT2D eigenvalue weighted by molar-refractivity contribution is -0.151. The summed E-state index contributed by atoms with van der Waals surface area (Å²) in [6.45, 7) is 6.50. The Morgan fingerprint density at radius 3 is 2.61 bits per heavy atom. The van der Waals surface area contributed by atoms with Crippen molar-refractivity contribution in [3.8, 4) is 0 Å². The zero-order valence-electron chi connectivity index (χ0n) is 26.8. The fraction of sp³-hybridized carbons (Fsp3) is 0.767. The molecule has 10 atom stereocenters. The second-order valence-electron chi connectivity index (χ2n) is 13.2. The smallest absolute Gasteiger partial charge is 0.458 e. The molecule has 260 valence electrons. The quantitative estimate of drug-likeness (QED) is 0.163. The van der Waals surface area contributed by atoms with E-state index in [4.69, 9.17) is 24.5 Å². The standard InChI is InChI=1S/C30H47NO13P2/c1-5-6-27-40-18-23(42-27)14-25-24-8-7-20-13-21(33)9-10-30(20,4)28(24)26(16-29(25,3)15-22(34)17-39-19(2)32)43-46(37,38)44-45(35,36)41-12-11-31/h9-10,13,23-28H,5-8,11-12,14-18,31H2,1-4H3,(H,35,36)(H,37,38)/t23-,24+,25+,26+,27?,28-,29+,30+/m1/s1. The number of nitrogens with two attached hydrogens (primary N) is 1. The number of Topliss-reactive ketones (excluding diaryl/α,β-unsaturated/α-hetero) is 1. The van der Waals surface area contributed by atoms with Crippen LogP contribution in [0.5, 0.6) is 0 Å². The molecule has 0 aromatic heterocycles. The molecule has 0 spiro atoms. The molecule has 0 radical (unpaired) electrons. The summed E-state index contributed by atoms with van der Waals surface area (Å²) >= 11 is 0. The number of fused-ring (bicyclic) bond motifs is 3. The predicted molar refractivity (Wildman–Crippen MR) is 164 cm³/mol. The molecule has 0 amide bonds. The molecule has 46 heavy (non-hydrogen) atoms. The first kappa shape index (κ1) is 37.3. The Labute approximate surface area is 269 Å². The van der Waals surface area contributed by atoms with Crippen molar-refractivity contribution in [3.63, 3.8) is 0 Å². The maximum absolute atomic E-state index is 13.3. The van der Waals surface area contributed by atoms with E-state index in [0.29, 0.717) is 25.9 Å². The lowest BCUT2D eigenvalue weighted by Gasteiger charge is -2.60. The van der Waals surface area contributed by atoms with Gasteiger partial charge in [0.15, 0.2) is 17.9 Å². The Kier molecular flexibility index (Phi) is 12.1. The van der Waals surface area contributed by atoms with Crippen molar-refractivity contribution in [2.75, 3.05) is 26.4 Å². The lowest BCUT2D eigenvalue weighted by atomic mass is 9.46. The molecule has 0 aromatic carbocycles. The molecule has 16 heteroatoms. The van der Waals surface area contributed by atoms with E-state index in [1.165, 1.54) is 13.0 Å². The number of ether oxygens (including phenoxy) is 3. The number of carbonyl (C=O) groups is 3. The molecule has 4 aliphatic rings. The summed E-state index contributed by atoms with van der Waals surface area (Å²) in [6, 6.07) is 0. The third-order valence-corrected chi connectivity index (χ3v) is 12.4. The van der Waals surface area contributed by atoms with Crippen molar-refractivity contribution >= 4 is 33.2 Å². The van der Waals surface area contributed by atoms with E-state index in [1.807, 2.05) is 20.8 Å². The van der Waals surface area contributed by atoms with Gasteiger partial charge in [-0.25, -0.2) is 9.13 Å². The average molecular weight is 692 g/mol. The Morgan fingerprint density at radius 2 is 1.93 bits per heavy atom. The van der Waals surface area contributed by atoms with E-state index in [9.17, 15) is 33.3 Å². The number of hydrogen-bond acceptors (Lipinski definition) is 12. The van der Waals surface area contributed by atoms with Gasteiger partial charge in [0.1, 0.15) is 6.61 Å². The van der Waals surface area contributed by atoms with E-state index in [-0.39, 0.29) is 55.2 Å². The van der Waals surface area contributed by atoms with Gasteiger partial charge in [-0.3, -0.25) is 23.4 Å². The van der Waals surface area contributed by atoms with Gasteiger partial charge in [0.25, 0.3) is 0 Å². The first-order valence-electron chi connectivity index (χ1n) is 15.8. The molecule has 1 aliphatic heterocycles. The van der Waals surface area contributed by atoms with Gasteiger partial charge < -0.3 is 29.7 Å².